The highest BCUT2D eigenvalue weighted by Gasteiger charge is 2.50. The van der Waals surface area contributed by atoms with E-state index in [1.54, 1.807) is 0 Å². The summed E-state index contributed by atoms with van der Waals surface area (Å²) in [5, 5.41) is 10.7. The second-order valence-electron chi connectivity index (χ2n) is 13.9. The first-order valence-corrected chi connectivity index (χ1v) is 17.6. The molecule has 2 unspecified atom stereocenters. The zero-order valence-corrected chi connectivity index (χ0v) is 27.5. The number of piperazine rings is 1. The van der Waals surface area contributed by atoms with Crippen molar-refractivity contribution in [2.45, 2.75) is 69.1 Å². The second kappa shape index (κ2) is 11.6. The van der Waals surface area contributed by atoms with Crippen molar-refractivity contribution in [1.29, 1.82) is 5.26 Å². The Hall–Kier alpha value is -3.84. The Morgan fingerprint density at radius 1 is 1.12 bits per heavy atom. The number of thiophene rings is 1. The monoisotopic (exact) mass is 694 g/mol. The predicted molar refractivity (Wildman–Crippen MR) is 176 cm³/mol. The Kier molecular flexibility index (Phi) is 7.39. The van der Waals surface area contributed by atoms with Crippen LogP contribution in [0.2, 0.25) is 0 Å². The lowest BCUT2D eigenvalue weighted by molar-refractivity contribution is 0.107. The molecule has 1 aromatic carbocycles. The maximum atomic E-state index is 17.4. The molecule has 4 saturated heterocycles. The van der Waals surface area contributed by atoms with E-state index >= 15 is 8.78 Å². The number of halogens is 4. The van der Waals surface area contributed by atoms with Crippen LogP contribution >= 0.6 is 11.3 Å². The molecule has 4 aromatic rings. The van der Waals surface area contributed by atoms with E-state index < -0.39 is 30.0 Å². The van der Waals surface area contributed by atoms with Crippen molar-refractivity contribution in [3.05, 3.63) is 34.5 Å². The van der Waals surface area contributed by atoms with Gasteiger partial charge < -0.3 is 20.1 Å². The quantitative estimate of drug-likeness (QED) is 0.258. The van der Waals surface area contributed by atoms with Crippen molar-refractivity contribution in [3.63, 3.8) is 0 Å². The third kappa shape index (κ3) is 4.71. The molecule has 8 heterocycles. The fraction of sp³-hybridized carbons (Fsp3) is 0.529. The third-order valence-corrected chi connectivity index (χ3v) is 12.3. The van der Waals surface area contributed by atoms with Crippen molar-refractivity contribution in [2.75, 3.05) is 56.6 Å². The van der Waals surface area contributed by atoms with Gasteiger partial charge in [-0.05, 0) is 43.4 Å². The van der Waals surface area contributed by atoms with Gasteiger partial charge in [-0.2, -0.15) is 15.2 Å². The fourth-order valence-corrected chi connectivity index (χ4v) is 10.1. The molecule has 9 rings (SSSR count). The van der Waals surface area contributed by atoms with E-state index in [0.717, 1.165) is 49.8 Å². The number of nitrogen functional groups attached to an aromatic ring is 1. The van der Waals surface area contributed by atoms with E-state index in [-0.39, 0.29) is 75.3 Å². The summed E-state index contributed by atoms with van der Waals surface area (Å²) in [5.74, 6) is -0.836. The van der Waals surface area contributed by atoms with Gasteiger partial charge in [0.1, 0.15) is 41.9 Å². The summed E-state index contributed by atoms with van der Waals surface area (Å²) in [6.45, 7) is 2.75. The first kappa shape index (κ1) is 31.2. The molecule has 256 valence electrons. The Labute approximate surface area is 283 Å². The van der Waals surface area contributed by atoms with Crippen LogP contribution in [0.1, 0.15) is 48.8 Å². The van der Waals surface area contributed by atoms with Gasteiger partial charge in [0.2, 0.25) is 0 Å². The second-order valence-corrected chi connectivity index (χ2v) is 15.0. The number of aromatic nitrogens is 3. The summed E-state index contributed by atoms with van der Waals surface area (Å²) in [5.41, 5.74) is 7.07. The van der Waals surface area contributed by atoms with Crippen LogP contribution in [0.15, 0.2) is 6.20 Å². The first-order valence-electron chi connectivity index (χ1n) is 16.8. The Balaban J connectivity index is 1.25. The molecule has 4 fully saturated rings. The first-order chi connectivity index (χ1) is 23.8. The molecular formula is C34H34F4N8O2S. The fourth-order valence-electron chi connectivity index (χ4n) is 9.16. The van der Waals surface area contributed by atoms with Crippen molar-refractivity contribution < 1.29 is 27.0 Å². The number of nitrogens with two attached hydrogens (primary N) is 1. The van der Waals surface area contributed by atoms with Crippen molar-refractivity contribution in [2.24, 2.45) is 0 Å². The minimum atomic E-state index is -0.944. The third-order valence-electron chi connectivity index (χ3n) is 11.2. The number of pyridine rings is 1. The number of hydrogen-bond donors (Lipinski definition) is 1. The summed E-state index contributed by atoms with van der Waals surface area (Å²) in [6, 6.07) is 2.07. The van der Waals surface area contributed by atoms with Crippen LogP contribution < -0.4 is 15.4 Å². The SMILES string of the molecule is N#Cc1c(N)sc2c(F)cnc(-c3c4c(c5c(N6C7CCC6CN(CCF)C7)nc(OC[C@@]67CCCN6C[C@H](F)C7)nc5c3F)COC4)c12. The summed E-state index contributed by atoms with van der Waals surface area (Å²) in [7, 11) is 0. The molecule has 10 nitrogen and oxygen atoms in total. The van der Waals surface area contributed by atoms with Gasteiger partial charge in [-0.25, -0.2) is 17.6 Å². The lowest BCUT2D eigenvalue weighted by Crippen LogP contribution is -2.54. The molecule has 0 spiro atoms. The maximum absolute atomic E-state index is 17.4. The van der Waals surface area contributed by atoms with E-state index in [9.17, 15) is 14.0 Å². The van der Waals surface area contributed by atoms with Gasteiger partial charge in [0.05, 0.1) is 46.3 Å². The zero-order chi connectivity index (χ0) is 33.6. The summed E-state index contributed by atoms with van der Waals surface area (Å²) in [6.07, 6.45) is 3.90. The molecule has 5 aliphatic heterocycles. The molecule has 15 heteroatoms. The number of benzene rings is 1. The molecule has 0 amide bonds. The number of rotatable bonds is 7. The smallest absolute Gasteiger partial charge is 0.319 e. The van der Waals surface area contributed by atoms with Crippen LogP contribution in [0.25, 0.3) is 32.2 Å². The molecule has 3 aromatic heterocycles. The average Bonchev–Trinajstić information content (AvgIpc) is 3.89. The highest BCUT2D eigenvalue weighted by molar-refractivity contribution is 7.23. The highest BCUT2D eigenvalue weighted by atomic mass is 32.1. The number of nitrogens with zero attached hydrogens (tertiary/aromatic N) is 7. The average molecular weight is 695 g/mol. The van der Waals surface area contributed by atoms with Gasteiger partial charge in [0.15, 0.2) is 11.6 Å². The van der Waals surface area contributed by atoms with Crippen LogP contribution in [-0.4, -0.2) is 94.6 Å². The highest BCUT2D eigenvalue weighted by Crippen LogP contribution is 2.48. The standard InChI is InChI=1S/C34H34F4N8O2S/c35-5-7-44-12-18-2-3-19(13-44)46(18)32-26-22-15-47-14-21(22)24(28-25-20(9-39)31(40)49-30(25)23(37)10-41-28)27(38)29(26)42-33(43-32)48-16-34-4-1-6-45(34)11-17(36)8-34/h10,17-19H,1-8,11-16,40H2/t17-,18?,19?,34+/m1/s1. The number of hydrogen-bond acceptors (Lipinski definition) is 11. The van der Waals surface area contributed by atoms with E-state index in [2.05, 4.69) is 19.7 Å². The number of fused-ring (bicyclic) bond motifs is 7. The van der Waals surface area contributed by atoms with Gasteiger partial charge >= 0.3 is 6.01 Å². The predicted octanol–water partition coefficient (Wildman–Crippen LogP) is 5.25. The van der Waals surface area contributed by atoms with E-state index in [1.165, 1.54) is 0 Å². The normalized spacial score (nSPS) is 26.6. The van der Waals surface area contributed by atoms with Crippen LogP contribution in [0, 0.1) is 23.0 Å². The molecule has 2 N–H and O–H groups in total. The number of anilines is 2. The molecule has 5 aliphatic rings. The lowest BCUT2D eigenvalue weighted by Gasteiger charge is -2.42. The van der Waals surface area contributed by atoms with Crippen molar-refractivity contribution >= 4 is 43.1 Å². The molecule has 0 radical (unpaired) electrons. The number of nitriles is 1. The minimum absolute atomic E-state index is 0.00129. The molecule has 0 saturated carbocycles. The lowest BCUT2D eigenvalue weighted by atomic mass is 9.93. The molecular weight excluding hydrogens is 660 g/mol. The number of likely N-dealkylation sites (tertiary alicyclic amines) is 1. The Bertz CT molecular complexity index is 2040. The summed E-state index contributed by atoms with van der Waals surface area (Å²) in [4.78, 5) is 20.5. The van der Waals surface area contributed by atoms with Crippen LogP contribution in [0.5, 0.6) is 6.01 Å². The molecule has 2 bridgehead atoms. The van der Waals surface area contributed by atoms with Crippen molar-refractivity contribution in [3.8, 4) is 23.3 Å². The van der Waals surface area contributed by atoms with Crippen LogP contribution in [0.4, 0.5) is 28.4 Å². The van der Waals surface area contributed by atoms with Crippen LogP contribution in [-0.2, 0) is 18.0 Å². The van der Waals surface area contributed by atoms with Crippen LogP contribution in [0.3, 0.4) is 0 Å². The largest absolute Gasteiger partial charge is 0.461 e. The maximum Gasteiger partial charge on any atom is 0.319 e. The molecule has 49 heavy (non-hydrogen) atoms. The van der Waals surface area contributed by atoms with E-state index in [1.807, 2.05) is 6.07 Å². The van der Waals surface area contributed by atoms with Gasteiger partial charge in [0.25, 0.3) is 0 Å². The van der Waals surface area contributed by atoms with Gasteiger partial charge in [-0.1, -0.05) is 0 Å². The molecule has 0 aliphatic carbocycles. The Morgan fingerprint density at radius 2 is 1.92 bits per heavy atom. The van der Waals surface area contributed by atoms with Gasteiger partial charge in [-0.3, -0.25) is 14.8 Å². The van der Waals surface area contributed by atoms with Gasteiger partial charge in [-0.15, -0.1) is 11.3 Å². The van der Waals surface area contributed by atoms with Gasteiger partial charge in [0, 0.05) is 55.6 Å². The topological polar surface area (TPSA) is 117 Å². The van der Waals surface area contributed by atoms with E-state index in [0.29, 0.717) is 54.9 Å². The summed E-state index contributed by atoms with van der Waals surface area (Å²) < 4.78 is 72.8. The van der Waals surface area contributed by atoms with E-state index in [4.69, 9.17) is 25.2 Å². The number of ether oxygens (including phenoxy) is 2. The molecule has 4 atom stereocenters. The zero-order valence-electron chi connectivity index (χ0n) is 26.7. The number of alkyl halides is 2. The minimum Gasteiger partial charge on any atom is -0.461 e. The Morgan fingerprint density at radius 3 is 2.69 bits per heavy atom. The van der Waals surface area contributed by atoms with Crippen molar-refractivity contribution in [1.82, 2.24) is 24.8 Å². The summed E-state index contributed by atoms with van der Waals surface area (Å²) >= 11 is 0.918.